The average Bonchev–Trinajstić information content (AvgIpc) is 3.20. The van der Waals surface area contributed by atoms with E-state index in [1.54, 1.807) is 30.0 Å². The van der Waals surface area contributed by atoms with Crippen LogP contribution in [0.3, 0.4) is 0 Å². The zero-order valence-electron chi connectivity index (χ0n) is 25.5. The largest absolute Gasteiger partial charge is 0.492 e. The number of para-hydroxylation sites is 1. The Hall–Kier alpha value is -2.45. The van der Waals surface area contributed by atoms with E-state index >= 15 is 0 Å². The first-order valence-corrected chi connectivity index (χ1v) is 16.4. The molecule has 0 bridgehead atoms. The third-order valence-electron chi connectivity index (χ3n) is 7.10. The summed E-state index contributed by atoms with van der Waals surface area (Å²) in [6, 6.07) is 22.1. The van der Waals surface area contributed by atoms with E-state index in [0.717, 1.165) is 57.2 Å². The van der Waals surface area contributed by atoms with E-state index in [2.05, 4.69) is 69.2 Å². The minimum absolute atomic E-state index is 0. The van der Waals surface area contributed by atoms with Crippen LogP contribution in [0.5, 0.6) is 5.75 Å². The lowest BCUT2D eigenvalue weighted by Crippen LogP contribution is -2.49. The highest BCUT2D eigenvalue weighted by Crippen LogP contribution is 2.40. The van der Waals surface area contributed by atoms with Crippen LogP contribution in [0.1, 0.15) is 12.0 Å². The Morgan fingerprint density at radius 3 is 2.44 bits per heavy atom. The van der Waals surface area contributed by atoms with E-state index in [1.807, 2.05) is 7.05 Å². The maximum atomic E-state index is 8.79. The summed E-state index contributed by atoms with van der Waals surface area (Å²) in [5, 5.41) is 9.94. The number of hydrogen-bond donors (Lipinski definition) is 1. The molecule has 7 nitrogen and oxygen atoms in total. The Morgan fingerprint density at radius 1 is 0.978 bits per heavy atom. The van der Waals surface area contributed by atoms with E-state index in [-0.39, 0.29) is 19.0 Å². The van der Waals surface area contributed by atoms with Crippen molar-refractivity contribution < 1.29 is 14.6 Å². The van der Waals surface area contributed by atoms with Crippen molar-refractivity contribution in [2.45, 2.75) is 16.2 Å². The summed E-state index contributed by atoms with van der Waals surface area (Å²) in [4.78, 5) is 14.4. The number of halogens is 3. The molecular weight excluding hydrogens is 651 g/mol. The number of aliphatic hydroxyl groups is 1. The zero-order valence-corrected chi connectivity index (χ0v) is 28.7. The maximum Gasteiger partial charge on any atom is 0.137 e. The molecule has 45 heavy (non-hydrogen) atoms. The van der Waals surface area contributed by atoms with Gasteiger partial charge in [-0.1, -0.05) is 71.2 Å². The molecule has 0 aliphatic carbocycles. The van der Waals surface area contributed by atoms with Crippen molar-refractivity contribution in [2.75, 3.05) is 79.3 Å². The van der Waals surface area contributed by atoms with Crippen molar-refractivity contribution in [1.82, 2.24) is 14.7 Å². The topological polar surface area (TPSA) is 60.8 Å². The van der Waals surface area contributed by atoms with Crippen LogP contribution < -0.4 is 4.74 Å². The van der Waals surface area contributed by atoms with Crippen molar-refractivity contribution in [3.05, 3.63) is 82.3 Å². The lowest BCUT2D eigenvalue weighted by molar-refractivity contribution is 0.0652. The molecule has 3 aromatic carbocycles. The molecule has 5 rings (SSSR count). The smallest absolute Gasteiger partial charge is 0.137 e. The van der Waals surface area contributed by atoms with Crippen molar-refractivity contribution in [1.29, 1.82) is 0 Å². The van der Waals surface area contributed by atoms with E-state index < -0.39 is 0 Å². The molecule has 3 aromatic rings. The second-order valence-electron chi connectivity index (χ2n) is 10.4. The second-order valence-corrected chi connectivity index (χ2v) is 12.3. The number of amidine groups is 1. The second kappa shape index (κ2) is 19.9. The molecule has 1 N–H and O–H groups in total. The monoisotopic (exact) mass is 690 g/mol. The highest BCUT2D eigenvalue weighted by molar-refractivity contribution is 7.99. The van der Waals surface area contributed by atoms with Gasteiger partial charge in [-0.15, -0.1) is 18.8 Å². The van der Waals surface area contributed by atoms with Crippen LogP contribution in [0.25, 0.3) is 0 Å². The Morgan fingerprint density at radius 2 is 1.71 bits per heavy atom. The van der Waals surface area contributed by atoms with Gasteiger partial charge in [-0.3, -0.25) is 9.80 Å². The average molecular weight is 692 g/mol. The van der Waals surface area contributed by atoms with Gasteiger partial charge in [0, 0.05) is 59.6 Å². The van der Waals surface area contributed by atoms with Crippen LogP contribution in [-0.4, -0.2) is 105 Å². The number of benzene rings is 3. The number of terminal acetylenes is 1. The van der Waals surface area contributed by atoms with Crippen LogP contribution in [0.2, 0.25) is 10.0 Å². The first-order chi connectivity index (χ1) is 21.5. The Labute approximate surface area is 287 Å². The molecule has 0 atom stereocenters. The Bertz CT molecular complexity index is 1410. The lowest BCUT2D eigenvalue weighted by Gasteiger charge is -2.36. The fraction of sp³-hybridized carbons (Fsp3) is 0.382. The van der Waals surface area contributed by atoms with Crippen LogP contribution >= 0.6 is 47.4 Å². The van der Waals surface area contributed by atoms with Gasteiger partial charge in [0.15, 0.2) is 0 Å². The van der Waals surface area contributed by atoms with Gasteiger partial charge >= 0.3 is 0 Å². The lowest BCUT2D eigenvalue weighted by atomic mass is 10.1. The van der Waals surface area contributed by atoms with Gasteiger partial charge in [0.05, 0.1) is 43.7 Å². The SMILES string of the molecule is C#CCN(C)CCCOc1ccc(Cl)cc1Cl.Cl.OCCOCCN1CCN(C2=Nc3ccccc3Sc3ccccc32)CC1. The molecule has 1 fully saturated rings. The molecule has 2 aliphatic rings. The summed E-state index contributed by atoms with van der Waals surface area (Å²) in [6.45, 7) is 8.17. The fourth-order valence-electron chi connectivity index (χ4n) is 4.80. The summed E-state index contributed by atoms with van der Waals surface area (Å²) in [7, 11) is 1.98. The van der Waals surface area contributed by atoms with Crippen molar-refractivity contribution in [3.8, 4) is 18.1 Å². The van der Waals surface area contributed by atoms with Crippen LogP contribution in [-0.2, 0) is 4.74 Å². The van der Waals surface area contributed by atoms with E-state index in [4.69, 9.17) is 49.2 Å². The molecule has 0 aromatic heterocycles. The predicted octanol–water partition coefficient (Wildman–Crippen LogP) is 6.61. The Balaban J connectivity index is 0.000000267. The number of rotatable bonds is 11. The molecule has 0 radical (unpaired) electrons. The molecule has 0 amide bonds. The minimum Gasteiger partial charge on any atom is -0.492 e. The molecule has 2 heterocycles. The number of aliphatic hydroxyl groups excluding tert-OH is 1. The van der Waals surface area contributed by atoms with E-state index in [0.29, 0.717) is 42.2 Å². The molecule has 242 valence electrons. The molecule has 2 aliphatic heterocycles. The third-order valence-corrected chi connectivity index (χ3v) is 8.77. The molecular formula is C34H41Cl3N4O3S. The highest BCUT2D eigenvalue weighted by Gasteiger charge is 2.25. The van der Waals surface area contributed by atoms with Gasteiger partial charge in [-0.2, -0.15) is 0 Å². The zero-order chi connectivity index (χ0) is 31.1. The van der Waals surface area contributed by atoms with E-state index in [1.165, 1.54) is 15.4 Å². The first kappa shape index (κ1) is 37.0. The maximum absolute atomic E-state index is 8.79. The third kappa shape index (κ3) is 11.7. The van der Waals surface area contributed by atoms with Gasteiger partial charge in [0.2, 0.25) is 0 Å². The standard InChI is InChI=1S/C21H25N3O2S.C13H15Cl2NO.ClH/c25-14-16-26-15-13-23-9-11-24(12-10-23)21-17-5-1-3-7-19(17)27-20-8-4-2-6-18(20)22-21;1-3-7-16(2)8-4-9-17-13-6-5-11(14)10-12(13)15;/h1-8,25H,9-16H2;1,5-6,10H,4,7-9H2,2H3;1H. The number of fused-ring (bicyclic) bond motifs is 2. The van der Waals surface area contributed by atoms with Crippen molar-refractivity contribution in [3.63, 3.8) is 0 Å². The number of nitrogens with zero attached hydrogens (tertiary/aromatic N) is 4. The molecule has 0 unspecified atom stereocenters. The summed E-state index contributed by atoms with van der Waals surface area (Å²) in [5.41, 5.74) is 2.27. The van der Waals surface area contributed by atoms with Crippen LogP contribution in [0, 0.1) is 12.3 Å². The van der Waals surface area contributed by atoms with Crippen molar-refractivity contribution in [2.24, 2.45) is 4.99 Å². The van der Waals surface area contributed by atoms with Gasteiger partial charge in [-0.25, -0.2) is 4.99 Å². The Kier molecular flexibility index (Phi) is 16.4. The normalized spacial score (nSPS) is 14.1. The van der Waals surface area contributed by atoms with Gasteiger partial charge < -0.3 is 19.5 Å². The quantitative estimate of drug-likeness (QED) is 0.180. The molecule has 1 saturated heterocycles. The molecule has 0 saturated carbocycles. The molecule has 0 spiro atoms. The van der Waals surface area contributed by atoms with Crippen molar-refractivity contribution >= 4 is 58.9 Å². The summed E-state index contributed by atoms with van der Waals surface area (Å²) < 4.78 is 11.0. The fourth-order valence-corrected chi connectivity index (χ4v) is 6.28. The number of aliphatic imine (C=N–C) groups is 1. The summed E-state index contributed by atoms with van der Waals surface area (Å²) in [6.07, 6.45) is 6.11. The van der Waals surface area contributed by atoms with Crippen LogP contribution in [0.15, 0.2) is 81.5 Å². The predicted molar refractivity (Wildman–Crippen MR) is 189 cm³/mol. The van der Waals surface area contributed by atoms with Gasteiger partial charge in [0.25, 0.3) is 0 Å². The number of piperazine rings is 1. The van der Waals surface area contributed by atoms with Gasteiger partial charge in [0.1, 0.15) is 11.6 Å². The number of hydrogen-bond acceptors (Lipinski definition) is 8. The minimum atomic E-state index is 0. The van der Waals surface area contributed by atoms with E-state index in [9.17, 15) is 0 Å². The summed E-state index contributed by atoms with van der Waals surface area (Å²) in [5.74, 6) is 4.34. The van der Waals surface area contributed by atoms with Gasteiger partial charge in [-0.05, 0) is 49.9 Å². The molecule has 11 heteroatoms. The summed E-state index contributed by atoms with van der Waals surface area (Å²) >= 11 is 13.6. The highest BCUT2D eigenvalue weighted by atomic mass is 35.5. The first-order valence-electron chi connectivity index (χ1n) is 14.8. The number of ether oxygens (including phenoxy) is 2. The van der Waals surface area contributed by atoms with Crippen LogP contribution in [0.4, 0.5) is 5.69 Å².